The van der Waals surface area contributed by atoms with Gasteiger partial charge in [-0.1, -0.05) is 13.3 Å². The Morgan fingerprint density at radius 3 is 2.88 bits per heavy atom. The highest BCUT2D eigenvalue weighted by Crippen LogP contribution is 2.24. The van der Waals surface area contributed by atoms with Crippen LogP contribution in [0, 0.1) is 0 Å². The Balaban J connectivity index is 1.83. The van der Waals surface area contributed by atoms with Gasteiger partial charge in [-0.3, -0.25) is 0 Å². The quantitative estimate of drug-likeness (QED) is 0.529. The van der Waals surface area contributed by atoms with E-state index in [9.17, 15) is 5.11 Å². The number of aliphatic hydroxyl groups is 1. The number of nitrogens with zero attached hydrogens (tertiary/aromatic N) is 1. The molecule has 2 N–H and O–H groups in total. The van der Waals surface area contributed by atoms with E-state index in [-0.39, 0.29) is 6.10 Å². The van der Waals surface area contributed by atoms with Gasteiger partial charge in [-0.05, 0) is 26.3 Å². The molecule has 0 aromatic rings. The van der Waals surface area contributed by atoms with Gasteiger partial charge >= 0.3 is 0 Å². The molecule has 17 heavy (non-hydrogen) atoms. The number of rotatable bonds is 11. The first kappa shape index (κ1) is 14.9. The summed E-state index contributed by atoms with van der Waals surface area (Å²) in [7, 11) is 2.17. The van der Waals surface area contributed by atoms with Gasteiger partial charge in [-0.25, -0.2) is 0 Å². The van der Waals surface area contributed by atoms with E-state index in [1.165, 1.54) is 12.8 Å². The van der Waals surface area contributed by atoms with Gasteiger partial charge in [-0.15, -0.1) is 0 Å². The minimum atomic E-state index is -0.377. The van der Waals surface area contributed by atoms with Crippen molar-refractivity contribution in [2.75, 3.05) is 39.9 Å². The van der Waals surface area contributed by atoms with E-state index in [1.54, 1.807) is 0 Å². The lowest BCUT2D eigenvalue weighted by molar-refractivity contribution is 0.0358. The second-order valence-corrected chi connectivity index (χ2v) is 5.00. The zero-order valence-electron chi connectivity index (χ0n) is 11.3. The number of unbranched alkanes of at least 4 members (excludes halogenated alkanes) is 1. The zero-order valence-corrected chi connectivity index (χ0v) is 11.3. The van der Waals surface area contributed by atoms with Crippen LogP contribution in [-0.2, 0) is 4.74 Å². The molecule has 4 nitrogen and oxygen atoms in total. The third kappa shape index (κ3) is 7.71. The van der Waals surface area contributed by atoms with E-state index in [0.29, 0.717) is 13.2 Å². The molecule has 0 bridgehead atoms. The van der Waals surface area contributed by atoms with Crippen molar-refractivity contribution in [3.63, 3.8) is 0 Å². The molecule has 0 amide bonds. The SMILES string of the molecule is CCCCOCC(O)CNCCN(C)C1CC1. The topological polar surface area (TPSA) is 44.7 Å². The lowest BCUT2D eigenvalue weighted by Crippen LogP contribution is -2.36. The van der Waals surface area contributed by atoms with Crippen LogP contribution in [0.15, 0.2) is 0 Å². The summed E-state index contributed by atoms with van der Waals surface area (Å²) in [6, 6.07) is 0.819. The molecule has 1 atom stereocenters. The number of hydrogen-bond donors (Lipinski definition) is 2. The molecule has 0 aromatic heterocycles. The summed E-state index contributed by atoms with van der Waals surface area (Å²) in [4.78, 5) is 2.39. The van der Waals surface area contributed by atoms with Crippen molar-refractivity contribution in [1.82, 2.24) is 10.2 Å². The van der Waals surface area contributed by atoms with Crippen molar-refractivity contribution in [3.05, 3.63) is 0 Å². The van der Waals surface area contributed by atoms with Crippen molar-refractivity contribution < 1.29 is 9.84 Å². The molecule has 0 aromatic carbocycles. The maximum absolute atomic E-state index is 9.63. The fraction of sp³-hybridized carbons (Fsp3) is 1.00. The Kier molecular flexibility index (Phi) is 7.77. The van der Waals surface area contributed by atoms with Crippen molar-refractivity contribution in [3.8, 4) is 0 Å². The second kappa shape index (κ2) is 8.86. The van der Waals surface area contributed by atoms with E-state index in [0.717, 1.165) is 38.6 Å². The van der Waals surface area contributed by atoms with Gasteiger partial charge in [0.2, 0.25) is 0 Å². The van der Waals surface area contributed by atoms with Gasteiger partial charge < -0.3 is 20.1 Å². The number of ether oxygens (including phenoxy) is 1. The predicted molar refractivity (Wildman–Crippen MR) is 70.3 cm³/mol. The van der Waals surface area contributed by atoms with Crippen LogP contribution in [0.25, 0.3) is 0 Å². The molecule has 1 aliphatic carbocycles. The van der Waals surface area contributed by atoms with E-state index in [4.69, 9.17) is 4.74 Å². The molecule has 1 aliphatic rings. The average molecular weight is 244 g/mol. The number of likely N-dealkylation sites (N-methyl/N-ethyl adjacent to an activating group) is 1. The van der Waals surface area contributed by atoms with Crippen LogP contribution in [-0.4, -0.2) is 62.0 Å². The zero-order chi connectivity index (χ0) is 12.5. The van der Waals surface area contributed by atoms with Crippen LogP contribution in [0.3, 0.4) is 0 Å². The molecule has 1 saturated carbocycles. The standard InChI is InChI=1S/C13H28N2O2/c1-3-4-9-17-11-13(16)10-14-7-8-15(2)12-5-6-12/h12-14,16H,3-11H2,1-2H3. The third-order valence-corrected chi connectivity index (χ3v) is 3.14. The molecule has 1 rings (SSSR count). The van der Waals surface area contributed by atoms with E-state index >= 15 is 0 Å². The number of aliphatic hydroxyl groups excluding tert-OH is 1. The molecule has 0 aliphatic heterocycles. The molecule has 0 saturated heterocycles. The summed E-state index contributed by atoms with van der Waals surface area (Å²) >= 11 is 0. The van der Waals surface area contributed by atoms with Gasteiger partial charge in [0.05, 0.1) is 12.7 Å². The van der Waals surface area contributed by atoms with E-state index in [1.807, 2.05) is 0 Å². The molecule has 1 fully saturated rings. The molecule has 0 radical (unpaired) electrons. The first-order valence-electron chi connectivity index (χ1n) is 6.90. The maximum Gasteiger partial charge on any atom is 0.0897 e. The number of nitrogens with one attached hydrogen (secondary N) is 1. The van der Waals surface area contributed by atoms with Crippen LogP contribution in [0.1, 0.15) is 32.6 Å². The molecule has 102 valence electrons. The summed E-state index contributed by atoms with van der Waals surface area (Å²) in [6.45, 7) is 5.99. The predicted octanol–water partition coefficient (Wildman–Crippen LogP) is 0.848. The Hall–Kier alpha value is -0.160. The first-order valence-corrected chi connectivity index (χ1v) is 6.90. The summed E-state index contributed by atoms with van der Waals surface area (Å²) in [5.41, 5.74) is 0. The van der Waals surface area contributed by atoms with Crippen molar-refractivity contribution >= 4 is 0 Å². The molecule has 4 heteroatoms. The highest BCUT2D eigenvalue weighted by atomic mass is 16.5. The van der Waals surface area contributed by atoms with Gasteiger partial charge in [0, 0.05) is 32.3 Å². The van der Waals surface area contributed by atoms with E-state index in [2.05, 4.69) is 24.2 Å². The van der Waals surface area contributed by atoms with Gasteiger partial charge in [0.1, 0.15) is 0 Å². The Morgan fingerprint density at radius 2 is 2.24 bits per heavy atom. The lowest BCUT2D eigenvalue weighted by Gasteiger charge is -2.17. The van der Waals surface area contributed by atoms with Crippen molar-refractivity contribution in [2.24, 2.45) is 0 Å². The Bertz CT molecular complexity index is 186. The van der Waals surface area contributed by atoms with Crippen molar-refractivity contribution in [1.29, 1.82) is 0 Å². The summed E-state index contributed by atoms with van der Waals surface area (Å²) in [6.07, 6.45) is 4.54. The fourth-order valence-corrected chi connectivity index (χ4v) is 1.75. The Labute approximate surface area is 105 Å². The fourth-order valence-electron chi connectivity index (χ4n) is 1.75. The minimum Gasteiger partial charge on any atom is -0.389 e. The van der Waals surface area contributed by atoms with Crippen molar-refractivity contribution in [2.45, 2.75) is 44.8 Å². The maximum atomic E-state index is 9.63. The second-order valence-electron chi connectivity index (χ2n) is 5.00. The smallest absolute Gasteiger partial charge is 0.0897 e. The van der Waals surface area contributed by atoms with Crippen LogP contribution in [0.4, 0.5) is 0 Å². The van der Waals surface area contributed by atoms with Gasteiger partial charge in [0.15, 0.2) is 0 Å². The normalized spacial score (nSPS) is 17.6. The summed E-state index contributed by atoms with van der Waals surface area (Å²) in [5.74, 6) is 0. The largest absolute Gasteiger partial charge is 0.389 e. The summed E-state index contributed by atoms with van der Waals surface area (Å²) < 4.78 is 5.36. The molecular weight excluding hydrogens is 216 g/mol. The monoisotopic (exact) mass is 244 g/mol. The molecule has 0 spiro atoms. The van der Waals surface area contributed by atoms with Gasteiger partial charge in [0.25, 0.3) is 0 Å². The lowest BCUT2D eigenvalue weighted by atomic mass is 10.3. The highest BCUT2D eigenvalue weighted by molar-refractivity contribution is 4.82. The van der Waals surface area contributed by atoms with Crippen LogP contribution in [0.5, 0.6) is 0 Å². The average Bonchev–Trinajstić information content (AvgIpc) is 3.14. The van der Waals surface area contributed by atoms with Crippen LogP contribution in [0.2, 0.25) is 0 Å². The molecular formula is C13H28N2O2. The number of hydrogen-bond acceptors (Lipinski definition) is 4. The summed E-state index contributed by atoms with van der Waals surface area (Å²) in [5, 5.41) is 12.9. The third-order valence-electron chi connectivity index (χ3n) is 3.14. The molecule has 0 heterocycles. The van der Waals surface area contributed by atoms with Crippen LogP contribution < -0.4 is 5.32 Å². The highest BCUT2D eigenvalue weighted by Gasteiger charge is 2.25. The van der Waals surface area contributed by atoms with E-state index < -0.39 is 0 Å². The first-order chi connectivity index (χ1) is 8.24. The Morgan fingerprint density at radius 1 is 1.47 bits per heavy atom. The molecule has 1 unspecified atom stereocenters. The van der Waals surface area contributed by atoms with Crippen LogP contribution >= 0.6 is 0 Å². The minimum absolute atomic E-state index is 0.377. The van der Waals surface area contributed by atoms with Gasteiger partial charge in [-0.2, -0.15) is 0 Å².